The molecule has 4 nitrogen and oxygen atoms in total. The normalized spacial score (nSPS) is 12.6. The summed E-state index contributed by atoms with van der Waals surface area (Å²) in [5.74, 6) is -0.218. The molecule has 0 bridgehead atoms. The fourth-order valence-electron chi connectivity index (χ4n) is 2.49. The van der Waals surface area contributed by atoms with Gasteiger partial charge in [0, 0.05) is 27.5 Å². The molecule has 2 aromatic heterocycles. The Morgan fingerprint density at radius 2 is 2.18 bits per heavy atom. The van der Waals surface area contributed by atoms with Crippen LogP contribution in [0.2, 0.25) is 5.02 Å². The molecular weight excluding hydrogens is 373 g/mol. The van der Waals surface area contributed by atoms with Crippen LogP contribution in [0.5, 0.6) is 5.75 Å². The number of rotatable bonds is 3. The minimum Gasteiger partial charge on any atom is -0.496 e. The van der Waals surface area contributed by atoms with E-state index in [0.717, 1.165) is 15.6 Å². The van der Waals surface area contributed by atoms with Crippen LogP contribution in [0.4, 0.5) is 4.39 Å². The molecule has 0 fully saturated rings. The average Bonchev–Trinajstić information content (AvgIpc) is 2.92. The number of H-pyrrole nitrogens is 1. The van der Waals surface area contributed by atoms with Crippen molar-refractivity contribution in [3.05, 3.63) is 51.0 Å². The van der Waals surface area contributed by atoms with Crippen molar-refractivity contribution >= 4 is 38.6 Å². The first-order valence-electron chi connectivity index (χ1n) is 6.54. The van der Waals surface area contributed by atoms with Crippen LogP contribution in [0.25, 0.3) is 11.0 Å². The van der Waals surface area contributed by atoms with Crippen molar-refractivity contribution in [3.63, 3.8) is 0 Å². The van der Waals surface area contributed by atoms with E-state index in [1.807, 2.05) is 13.0 Å². The van der Waals surface area contributed by atoms with E-state index >= 15 is 0 Å². The standard InChI is InChI=1S/C15H12BrClFN3O/c1-7(12-11(22-2)4-3-10(18)13(12)17)14-9-5-8(16)6-19-15(9)21-20-14/h3-7H,1-2H3,(H,19,20,21)/t7-/m0/s1. The van der Waals surface area contributed by atoms with Crippen molar-refractivity contribution in [1.82, 2.24) is 15.2 Å². The summed E-state index contributed by atoms with van der Waals surface area (Å²) < 4.78 is 20.0. The third-order valence-corrected chi connectivity index (χ3v) is 4.39. The van der Waals surface area contributed by atoms with Gasteiger partial charge < -0.3 is 4.74 Å². The summed E-state index contributed by atoms with van der Waals surface area (Å²) in [5, 5.41) is 8.09. The highest BCUT2D eigenvalue weighted by molar-refractivity contribution is 9.10. The van der Waals surface area contributed by atoms with E-state index in [1.54, 1.807) is 12.3 Å². The zero-order chi connectivity index (χ0) is 15.9. The van der Waals surface area contributed by atoms with Crippen molar-refractivity contribution in [1.29, 1.82) is 0 Å². The number of aromatic amines is 1. The van der Waals surface area contributed by atoms with Crippen molar-refractivity contribution in [2.45, 2.75) is 12.8 Å². The third-order valence-electron chi connectivity index (χ3n) is 3.57. The Balaban J connectivity index is 2.20. The van der Waals surface area contributed by atoms with Gasteiger partial charge in [-0.05, 0) is 34.1 Å². The Kier molecular flexibility index (Phi) is 4.06. The molecule has 22 heavy (non-hydrogen) atoms. The molecule has 1 atom stereocenters. The van der Waals surface area contributed by atoms with E-state index in [2.05, 4.69) is 31.1 Å². The van der Waals surface area contributed by atoms with Gasteiger partial charge in [0.1, 0.15) is 11.6 Å². The van der Waals surface area contributed by atoms with Crippen molar-refractivity contribution in [2.75, 3.05) is 7.11 Å². The van der Waals surface area contributed by atoms with Crippen LogP contribution in [0, 0.1) is 5.82 Å². The van der Waals surface area contributed by atoms with Crippen LogP contribution >= 0.6 is 27.5 Å². The number of halogens is 3. The largest absolute Gasteiger partial charge is 0.496 e. The Morgan fingerprint density at radius 3 is 2.91 bits per heavy atom. The highest BCUT2D eigenvalue weighted by atomic mass is 79.9. The van der Waals surface area contributed by atoms with E-state index in [9.17, 15) is 4.39 Å². The quantitative estimate of drug-likeness (QED) is 0.714. The van der Waals surface area contributed by atoms with Gasteiger partial charge >= 0.3 is 0 Å². The number of nitrogens with zero attached hydrogens (tertiary/aromatic N) is 2. The van der Waals surface area contributed by atoms with E-state index < -0.39 is 5.82 Å². The fraction of sp³-hybridized carbons (Fsp3) is 0.200. The summed E-state index contributed by atoms with van der Waals surface area (Å²) >= 11 is 9.55. The van der Waals surface area contributed by atoms with Crippen LogP contribution in [0.1, 0.15) is 24.1 Å². The molecule has 0 amide bonds. The SMILES string of the molecule is COc1ccc(F)c(Cl)c1[C@H](C)c1n[nH]c2ncc(Br)cc12. The second-order valence-corrected chi connectivity index (χ2v) is 6.15. The maximum Gasteiger partial charge on any atom is 0.155 e. The first-order valence-corrected chi connectivity index (χ1v) is 7.71. The minimum atomic E-state index is -0.483. The summed E-state index contributed by atoms with van der Waals surface area (Å²) in [6, 6.07) is 4.77. The summed E-state index contributed by atoms with van der Waals surface area (Å²) in [4.78, 5) is 4.26. The molecule has 1 N–H and O–H groups in total. The molecule has 0 saturated carbocycles. The summed E-state index contributed by atoms with van der Waals surface area (Å²) in [7, 11) is 1.53. The van der Waals surface area contributed by atoms with Crippen molar-refractivity contribution in [3.8, 4) is 5.75 Å². The highest BCUT2D eigenvalue weighted by Gasteiger charge is 2.24. The molecule has 0 unspecified atom stereocenters. The summed E-state index contributed by atoms with van der Waals surface area (Å²) in [6.07, 6.45) is 1.69. The molecule has 2 heterocycles. The fourth-order valence-corrected chi connectivity index (χ4v) is 3.14. The van der Waals surface area contributed by atoms with Crippen LogP contribution in [0.15, 0.2) is 28.9 Å². The van der Waals surface area contributed by atoms with Gasteiger partial charge in [0.25, 0.3) is 0 Å². The van der Waals surface area contributed by atoms with Crippen molar-refractivity contribution in [2.24, 2.45) is 0 Å². The van der Waals surface area contributed by atoms with Crippen LogP contribution in [-0.2, 0) is 0 Å². The number of pyridine rings is 1. The molecule has 3 aromatic rings. The molecule has 3 rings (SSSR count). The molecule has 0 aliphatic heterocycles. The average molecular weight is 385 g/mol. The molecule has 1 aromatic carbocycles. The Morgan fingerprint density at radius 1 is 1.41 bits per heavy atom. The first kappa shape index (κ1) is 15.2. The lowest BCUT2D eigenvalue weighted by molar-refractivity contribution is 0.407. The van der Waals surface area contributed by atoms with E-state index in [1.165, 1.54) is 13.2 Å². The topological polar surface area (TPSA) is 50.8 Å². The second kappa shape index (κ2) is 5.85. The number of methoxy groups -OCH3 is 1. The summed E-state index contributed by atoms with van der Waals surface area (Å²) in [5.41, 5.74) is 1.96. The lowest BCUT2D eigenvalue weighted by Crippen LogP contribution is -2.03. The number of benzene rings is 1. The molecule has 0 spiro atoms. The van der Waals surface area contributed by atoms with E-state index in [4.69, 9.17) is 16.3 Å². The van der Waals surface area contributed by atoms with Crippen LogP contribution in [0.3, 0.4) is 0 Å². The third kappa shape index (κ3) is 2.46. The van der Waals surface area contributed by atoms with E-state index in [-0.39, 0.29) is 10.9 Å². The van der Waals surface area contributed by atoms with Crippen LogP contribution < -0.4 is 4.74 Å². The molecule has 7 heteroatoms. The molecular formula is C15H12BrClFN3O. The molecule has 0 radical (unpaired) electrons. The second-order valence-electron chi connectivity index (χ2n) is 4.86. The lowest BCUT2D eigenvalue weighted by Gasteiger charge is -2.16. The molecule has 114 valence electrons. The van der Waals surface area contributed by atoms with Gasteiger partial charge in [-0.25, -0.2) is 9.37 Å². The minimum absolute atomic E-state index is 0.0472. The number of nitrogens with one attached hydrogen (secondary N) is 1. The zero-order valence-corrected chi connectivity index (χ0v) is 14.2. The number of fused-ring (bicyclic) bond motifs is 1. The van der Waals surface area contributed by atoms with Gasteiger partial charge in [0.2, 0.25) is 0 Å². The summed E-state index contributed by atoms with van der Waals surface area (Å²) in [6.45, 7) is 1.90. The van der Waals surface area contributed by atoms with Gasteiger partial charge in [0.05, 0.1) is 17.8 Å². The predicted molar refractivity (Wildman–Crippen MR) is 87.1 cm³/mol. The van der Waals surface area contributed by atoms with Gasteiger partial charge in [-0.1, -0.05) is 18.5 Å². The van der Waals surface area contributed by atoms with Crippen LogP contribution in [-0.4, -0.2) is 22.3 Å². The number of aromatic nitrogens is 3. The van der Waals surface area contributed by atoms with E-state index in [0.29, 0.717) is 17.0 Å². The molecule has 0 saturated heterocycles. The van der Waals surface area contributed by atoms with Gasteiger partial charge in [0.15, 0.2) is 5.65 Å². The maximum absolute atomic E-state index is 13.8. The van der Waals surface area contributed by atoms with Gasteiger partial charge in [-0.15, -0.1) is 0 Å². The Labute approximate surface area is 139 Å². The Bertz CT molecular complexity index is 852. The van der Waals surface area contributed by atoms with Crippen molar-refractivity contribution < 1.29 is 9.13 Å². The smallest absolute Gasteiger partial charge is 0.155 e. The van der Waals surface area contributed by atoms with Gasteiger partial charge in [-0.2, -0.15) is 5.10 Å². The van der Waals surface area contributed by atoms with Gasteiger partial charge in [-0.3, -0.25) is 5.10 Å². The Hall–Kier alpha value is -1.66. The number of ether oxygens (including phenoxy) is 1. The number of hydrogen-bond donors (Lipinski definition) is 1. The number of hydrogen-bond acceptors (Lipinski definition) is 3. The lowest BCUT2D eigenvalue weighted by atomic mass is 9.95. The first-order chi connectivity index (χ1) is 10.5. The maximum atomic E-state index is 13.8. The predicted octanol–water partition coefficient (Wildman–Crippen LogP) is 4.67. The molecule has 0 aliphatic carbocycles. The monoisotopic (exact) mass is 383 g/mol. The highest BCUT2D eigenvalue weighted by Crippen LogP contribution is 2.39. The zero-order valence-electron chi connectivity index (χ0n) is 11.8. The molecule has 0 aliphatic rings.